The van der Waals surface area contributed by atoms with Crippen LogP contribution in [0.1, 0.15) is 27.9 Å². The second-order valence-corrected chi connectivity index (χ2v) is 8.25. The Labute approximate surface area is 202 Å². The number of aromatic nitrogens is 3. The molecule has 0 bridgehead atoms. The van der Waals surface area contributed by atoms with Crippen LogP contribution in [0.4, 0.5) is 11.9 Å². The number of nitrogens with one attached hydrogen (secondary N) is 2. The molecule has 4 aromatic rings. The Hall–Kier alpha value is -3.35. The highest BCUT2D eigenvalue weighted by Crippen LogP contribution is 2.19. The topological polar surface area (TPSA) is 71.8 Å². The number of carbonyl (C=O) groups is 1. The zero-order valence-corrected chi connectivity index (χ0v) is 19.4. The minimum Gasteiger partial charge on any atom is -0.350 e. The molecule has 0 aliphatic carbocycles. The molecule has 0 saturated heterocycles. The van der Waals surface area contributed by atoms with Crippen LogP contribution in [-0.2, 0) is 19.5 Å². The summed E-state index contributed by atoms with van der Waals surface area (Å²) in [5, 5.41) is 12.1. The Morgan fingerprint density at radius 3 is 2.00 bits per heavy atom. The summed E-state index contributed by atoms with van der Waals surface area (Å²) >= 11 is 12.5. The summed E-state index contributed by atoms with van der Waals surface area (Å²) in [4.78, 5) is 17.5. The van der Waals surface area contributed by atoms with Crippen molar-refractivity contribution >= 4 is 41.0 Å². The molecule has 4 rings (SSSR count). The smallest absolute Gasteiger partial charge is 0.250 e. The zero-order chi connectivity index (χ0) is 23.0. The molecule has 0 unspecified atom stereocenters. The van der Waals surface area contributed by atoms with Gasteiger partial charge in [-0.25, -0.2) is 0 Å². The highest BCUT2D eigenvalue weighted by atomic mass is 35.5. The highest BCUT2D eigenvalue weighted by Gasteiger charge is 2.17. The van der Waals surface area contributed by atoms with Crippen LogP contribution in [0.2, 0.25) is 10.0 Å². The van der Waals surface area contributed by atoms with E-state index in [0.29, 0.717) is 47.9 Å². The molecular weight excluding hydrogens is 457 g/mol. The van der Waals surface area contributed by atoms with Crippen molar-refractivity contribution in [1.29, 1.82) is 0 Å². The van der Waals surface area contributed by atoms with Crippen molar-refractivity contribution in [3.63, 3.8) is 0 Å². The SMILES string of the molecule is O=C(CCc1ccccc1)n1nc(NCc2ccccc2Cl)nc1NCc1ccccc1Cl. The van der Waals surface area contributed by atoms with Gasteiger partial charge in [0, 0.05) is 29.6 Å². The van der Waals surface area contributed by atoms with E-state index in [9.17, 15) is 4.79 Å². The first-order valence-corrected chi connectivity index (χ1v) is 11.3. The van der Waals surface area contributed by atoms with Gasteiger partial charge in [-0.2, -0.15) is 9.67 Å². The number of carbonyl (C=O) groups excluding carboxylic acids is 1. The van der Waals surface area contributed by atoms with E-state index in [0.717, 1.165) is 16.7 Å². The molecule has 8 heteroatoms. The Morgan fingerprint density at radius 2 is 1.36 bits per heavy atom. The van der Waals surface area contributed by atoms with Crippen LogP contribution in [0.5, 0.6) is 0 Å². The molecule has 2 N–H and O–H groups in total. The van der Waals surface area contributed by atoms with Crippen molar-refractivity contribution in [2.24, 2.45) is 0 Å². The summed E-state index contributed by atoms with van der Waals surface area (Å²) in [5.74, 6) is 0.540. The van der Waals surface area contributed by atoms with Crippen molar-refractivity contribution in [3.8, 4) is 0 Å². The Kier molecular flexibility index (Phi) is 7.60. The second kappa shape index (κ2) is 11.0. The van der Waals surface area contributed by atoms with Gasteiger partial charge in [0.25, 0.3) is 0 Å². The molecule has 1 heterocycles. The average molecular weight is 480 g/mol. The van der Waals surface area contributed by atoms with E-state index < -0.39 is 0 Å². The summed E-state index contributed by atoms with van der Waals surface area (Å²) < 4.78 is 1.31. The van der Waals surface area contributed by atoms with Gasteiger partial charge >= 0.3 is 0 Å². The number of rotatable bonds is 9. The maximum absolute atomic E-state index is 13.0. The largest absolute Gasteiger partial charge is 0.350 e. The lowest BCUT2D eigenvalue weighted by atomic mass is 10.1. The molecule has 0 saturated carbocycles. The normalized spacial score (nSPS) is 10.7. The second-order valence-electron chi connectivity index (χ2n) is 7.44. The molecule has 0 spiro atoms. The van der Waals surface area contributed by atoms with Crippen molar-refractivity contribution in [3.05, 3.63) is 106 Å². The maximum atomic E-state index is 13.0. The molecule has 33 heavy (non-hydrogen) atoms. The average Bonchev–Trinajstić information content (AvgIpc) is 3.25. The van der Waals surface area contributed by atoms with Gasteiger partial charge in [0.15, 0.2) is 0 Å². The first-order valence-electron chi connectivity index (χ1n) is 10.6. The molecule has 0 atom stereocenters. The summed E-state index contributed by atoms with van der Waals surface area (Å²) in [6.07, 6.45) is 0.921. The van der Waals surface area contributed by atoms with Gasteiger partial charge in [-0.1, -0.05) is 89.9 Å². The molecule has 1 aromatic heterocycles. The third-order valence-electron chi connectivity index (χ3n) is 5.10. The molecule has 0 amide bonds. The van der Waals surface area contributed by atoms with Crippen molar-refractivity contribution in [2.45, 2.75) is 25.9 Å². The number of anilines is 2. The van der Waals surface area contributed by atoms with E-state index in [1.807, 2.05) is 78.9 Å². The van der Waals surface area contributed by atoms with Crippen molar-refractivity contribution in [1.82, 2.24) is 14.8 Å². The molecule has 0 fully saturated rings. The molecule has 168 valence electrons. The van der Waals surface area contributed by atoms with Crippen LogP contribution in [0, 0.1) is 0 Å². The fourth-order valence-electron chi connectivity index (χ4n) is 3.31. The van der Waals surface area contributed by atoms with Gasteiger partial charge in [-0.15, -0.1) is 5.10 Å². The fourth-order valence-corrected chi connectivity index (χ4v) is 3.71. The first-order chi connectivity index (χ1) is 16.1. The standard InChI is InChI=1S/C25H23Cl2N5O/c26-21-12-6-4-10-19(21)16-28-24-30-25(29-17-20-11-5-7-13-22(20)27)32(31-24)23(33)15-14-18-8-2-1-3-9-18/h1-13H,14-17H2,(H2,28,29,30,31). The number of hydrogen-bond acceptors (Lipinski definition) is 5. The molecule has 0 aliphatic rings. The number of aryl methyl sites for hydroxylation is 1. The van der Waals surface area contributed by atoms with Crippen LogP contribution in [0.3, 0.4) is 0 Å². The lowest BCUT2D eigenvalue weighted by molar-refractivity contribution is 0.0890. The molecular formula is C25H23Cl2N5O. The predicted molar refractivity (Wildman–Crippen MR) is 133 cm³/mol. The van der Waals surface area contributed by atoms with Crippen LogP contribution in [-0.4, -0.2) is 20.7 Å². The summed E-state index contributed by atoms with van der Waals surface area (Å²) in [6.45, 7) is 0.847. The molecule has 0 radical (unpaired) electrons. The van der Waals surface area contributed by atoms with Crippen LogP contribution in [0.25, 0.3) is 0 Å². The van der Waals surface area contributed by atoms with Crippen molar-refractivity contribution in [2.75, 3.05) is 10.6 Å². The third-order valence-corrected chi connectivity index (χ3v) is 5.84. The summed E-state index contributed by atoms with van der Waals surface area (Å²) in [7, 11) is 0. The molecule has 6 nitrogen and oxygen atoms in total. The summed E-state index contributed by atoms with van der Waals surface area (Å²) in [5.41, 5.74) is 2.90. The quantitative estimate of drug-likeness (QED) is 0.304. The predicted octanol–water partition coefficient (Wildman–Crippen LogP) is 6.08. The van der Waals surface area contributed by atoms with E-state index in [-0.39, 0.29) is 5.91 Å². The summed E-state index contributed by atoms with van der Waals surface area (Å²) in [6, 6.07) is 25.0. The van der Waals surface area contributed by atoms with E-state index >= 15 is 0 Å². The highest BCUT2D eigenvalue weighted by molar-refractivity contribution is 6.31. The van der Waals surface area contributed by atoms with Crippen molar-refractivity contribution < 1.29 is 4.79 Å². The van der Waals surface area contributed by atoms with Crippen LogP contribution >= 0.6 is 23.2 Å². The fraction of sp³-hybridized carbons (Fsp3) is 0.160. The van der Waals surface area contributed by atoms with Gasteiger partial charge in [-0.05, 0) is 35.2 Å². The number of benzene rings is 3. The monoisotopic (exact) mass is 479 g/mol. The van der Waals surface area contributed by atoms with Gasteiger partial charge in [0.05, 0.1) is 0 Å². The minimum atomic E-state index is -0.154. The van der Waals surface area contributed by atoms with Gasteiger partial charge in [0.1, 0.15) is 0 Å². The van der Waals surface area contributed by atoms with Gasteiger partial charge < -0.3 is 10.6 Å². The van der Waals surface area contributed by atoms with E-state index in [2.05, 4.69) is 20.7 Å². The maximum Gasteiger partial charge on any atom is 0.250 e. The lowest BCUT2D eigenvalue weighted by Gasteiger charge is -2.08. The van der Waals surface area contributed by atoms with Gasteiger partial charge in [-0.3, -0.25) is 4.79 Å². The Morgan fingerprint density at radius 1 is 0.788 bits per heavy atom. The first kappa shape index (κ1) is 22.8. The number of nitrogens with zero attached hydrogens (tertiary/aromatic N) is 3. The lowest BCUT2D eigenvalue weighted by Crippen LogP contribution is -2.17. The van der Waals surface area contributed by atoms with Crippen LogP contribution in [0.15, 0.2) is 78.9 Å². The number of halogens is 2. The van der Waals surface area contributed by atoms with E-state index in [4.69, 9.17) is 23.2 Å². The minimum absolute atomic E-state index is 0.154. The van der Waals surface area contributed by atoms with E-state index in [1.165, 1.54) is 4.68 Å². The van der Waals surface area contributed by atoms with Gasteiger partial charge in [0.2, 0.25) is 17.8 Å². The molecule has 3 aromatic carbocycles. The Bertz CT molecular complexity index is 1230. The number of hydrogen-bond donors (Lipinski definition) is 2. The zero-order valence-electron chi connectivity index (χ0n) is 17.8. The van der Waals surface area contributed by atoms with Crippen LogP contribution < -0.4 is 10.6 Å². The Balaban J connectivity index is 1.50. The third kappa shape index (κ3) is 6.12. The van der Waals surface area contributed by atoms with E-state index in [1.54, 1.807) is 0 Å². The molecule has 0 aliphatic heterocycles.